The predicted octanol–water partition coefficient (Wildman–Crippen LogP) is 3.80. The summed E-state index contributed by atoms with van der Waals surface area (Å²) in [5, 5.41) is 2.74. The quantitative estimate of drug-likeness (QED) is 0.402. The standard InChI is InChI=1S/C24H22BrN3O6/c1-32-19-12-16(13-20(33-2)21(19)34-3)22(29)26-18-10-6-15(7-11-18)24(31)28-27-23(30)14-4-8-17(25)9-5-14/h4-13H,1-3H3,(H,26,29)(H,27,30)(H,28,31). The summed E-state index contributed by atoms with van der Waals surface area (Å²) in [5.74, 6) is -0.279. The second-order valence-corrected chi connectivity index (χ2v) is 7.78. The van der Waals surface area contributed by atoms with Gasteiger partial charge >= 0.3 is 0 Å². The Balaban J connectivity index is 1.63. The Bertz CT molecular complexity index is 1170. The highest BCUT2D eigenvalue weighted by Crippen LogP contribution is 2.38. The van der Waals surface area contributed by atoms with Gasteiger partial charge in [-0.15, -0.1) is 0 Å². The maximum Gasteiger partial charge on any atom is 0.269 e. The fourth-order valence-electron chi connectivity index (χ4n) is 2.98. The molecular weight excluding hydrogens is 506 g/mol. The molecule has 0 bridgehead atoms. The lowest BCUT2D eigenvalue weighted by atomic mass is 10.1. The number of carbonyl (C=O) groups excluding carboxylic acids is 3. The van der Waals surface area contributed by atoms with Crippen LogP contribution in [-0.2, 0) is 0 Å². The van der Waals surface area contributed by atoms with Crippen molar-refractivity contribution in [2.24, 2.45) is 0 Å². The van der Waals surface area contributed by atoms with Crippen molar-refractivity contribution in [3.8, 4) is 17.2 Å². The first-order valence-electron chi connectivity index (χ1n) is 9.94. The lowest BCUT2D eigenvalue weighted by Gasteiger charge is -2.14. The first-order valence-corrected chi connectivity index (χ1v) is 10.7. The zero-order valence-corrected chi connectivity index (χ0v) is 20.2. The molecule has 0 spiro atoms. The number of rotatable bonds is 7. The monoisotopic (exact) mass is 527 g/mol. The molecule has 3 N–H and O–H groups in total. The Morgan fingerprint density at radius 2 is 1.12 bits per heavy atom. The summed E-state index contributed by atoms with van der Waals surface area (Å²) in [7, 11) is 4.40. The Morgan fingerprint density at radius 1 is 0.647 bits per heavy atom. The van der Waals surface area contributed by atoms with Crippen LogP contribution in [0.4, 0.5) is 5.69 Å². The topological polar surface area (TPSA) is 115 Å². The number of hydrogen-bond acceptors (Lipinski definition) is 6. The number of halogens is 1. The molecule has 34 heavy (non-hydrogen) atoms. The molecule has 9 nitrogen and oxygen atoms in total. The molecule has 10 heteroatoms. The number of carbonyl (C=O) groups is 3. The third kappa shape index (κ3) is 5.84. The Hall–Kier alpha value is -4.05. The van der Waals surface area contributed by atoms with E-state index in [1.54, 1.807) is 36.4 Å². The average Bonchev–Trinajstić information content (AvgIpc) is 2.86. The maximum absolute atomic E-state index is 12.7. The van der Waals surface area contributed by atoms with Crippen molar-refractivity contribution < 1.29 is 28.6 Å². The Morgan fingerprint density at radius 3 is 1.56 bits per heavy atom. The summed E-state index contributed by atoms with van der Waals surface area (Å²) in [6, 6.07) is 15.9. The van der Waals surface area contributed by atoms with Gasteiger partial charge in [0.05, 0.1) is 21.3 Å². The lowest BCUT2D eigenvalue weighted by molar-refractivity contribution is 0.0846. The average molecular weight is 528 g/mol. The summed E-state index contributed by atoms with van der Waals surface area (Å²) in [5.41, 5.74) is 6.17. The molecule has 0 fully saturated rings. The molecular formula is C24H22BrN3O6. The summed E-state index contributed by atoms with van der Waals surface area (Å²) in [6.07, 6.45) is 0. The minimum absolute atomic E-state index is 0.293. The van der Waals surface area contributed by atoms with Gasteiger partial charge in [0, 0.05) is 26.9 Å². The molecule has 0 aliphatic carbocycles. The van der Waals surface area contributed by atoms with Crippen LogP contribution in [-0.4, -0.2) is 39.1 Å². The second-order valence-electron chi connectivity index (χ2n) is 6.86. The first-order chi connectivity index (χ1) is 16.4. The van der Waals surface area contributed by atoms with Crippen LogP contribution in [0.3, 0.4) is 0 Å². The van der Waals surface area contributed by atoms with Gasteiger partial charge in [-0.1, -0.05) is 15.9 Å². The van der Waals surface area contributed by atoms with Crippen LogP contribution in [0.15, 0.2) is 65.1 Å². The van der Waals surface area contributed by atoms with E-state index in [1.807, 2.05) is 0 Å². The molecule has 0 atom stereocenters. The molecule has 0 aliphatic rings. The molecule has 3 aromatic carbocycles. The highest BCUT2D eigenvalue weighted by molar-refractivity contribution is 9.10. The third-order valence-electron chi connectivity index (χ3n) is 4.73. The Kier molecular flexibility index (Phi) is 8.10. The number of anilines is 1. The largest absolute Gasteiger partial charge is 0.493 e. The van der Waals surface area contributed by atoms with E-state index >= 15 is 0 Å². The zero-order valence-electron chi connectivity index (χ0n) is 18.6. The molecule has 0 saturated carbocycles. The molecule has 0 saturated heterocycles. The second kappa shape index (κ2) is 11.2. The van der Waals surface area contributed by atoms with Gasteiger partial charge in [0.25, 0.3) is 17.7 Å². The van der Waals surface area contributed by atoms with Crippen LogP contribution >= 0.6 is 15.9 Å². The normalized spacial score (nSPS) is 10.1. The summed E-state index contributed by atoms with van der Waals surface area (Å²) < 4.78 is 16.6. The van der Waals surface area contributed by atoms with E-state index in [0.717, 1.165) is 4.47 Å². The molecule has 3 rings (SSSR count). The van der Waals surface area contributed by atoms with Gasteiger partial charge < -0.3 is 19.5 Å². The molecule has 176 valence electrons. The first kappa shape index (κ1) is 24.6. The van der Waals surface area contributed by atoms with Crippen LogP contribution < -0.4 is 30.4 Å². The molecule has 0 heterocycles. The maximum atomic E-state index is 12.7. The van der Waals surface area contributed by atoms with Crippen molar-refractivity contribution >= 4 is 39.3 Å². The summed E-state index contributed by atoms with van der Waals surface area (Å²) in [6.45, 7) is 0. The van der Waals surface area contributed by atoms with Gasteiger partial charge in [0.15, 0.2) is 11.5 Å². The highest BCUT2D eigenvalue weighted by Gasteiger charge is 2.17. The molecule has 0 unspecified atom stereocenters. The number of amides is 3. The van der Waals surface area contributed by atoms with Crippen LogP contribution in [0.1, 0.15) is 31.1 Å². The van der Waals surface area contributed by atoms with E-state index in [9.17, 15) is 14.4 Å². The smallest absolute Gasteiger partial charge is 0.269 e. The third-order valence-corrected chi connectivity index (χ3v) is 5.26. The van der Waals surface area contributed by atoms with E-state index in [-0.39, 0.29) is 0 Å². The number of methoxy groups -OCH3 is 3. The van der Waals surface area contributed by atoms with Gasteiger partial charge in [-0.05, 0) is 60.7 Å². The van der Waals surface area contributed by atoms with Gasteiger partial charge in [-0.2, -0.15) is 0 Å². The van der Waals surface area contributed by atoms with Gasteiger partial charge in [0.2, 0.25) is 5.75 Å². The Labute approximate surface area is 204 Å². The lowest BCUT2D eigenvalue weighted by Crippen LogP contribution is -2.41. The van der Waals surface area contributed by atoms with Gasteiger partial charge in [0.1, 0.15) is 0 Å². The molecule has 0 radical (unpaired) electrons. The van der Waals surface area contributed by atoms with Gasteiger partial charge in [-0.25, -0.2) is 0 Å². The van der Waals surface area contributed by atoms with Crippen LogP contribution in [0.5, 0.6) is 17.2 Å². The van der Waals surface area contributed by atoms with E-state index in [0.29, 0.717) is 39.6 Å². The number of hydrogen-bond donors (Lipinski definition) is 3. The van der Waals surface area contributed by atoms with Crippen LogP contribution in [0.25, 0.3) is 0 Å². The molecule has 3 aromatic rings. The minimum atomic E-state index is -0.507. The number of hydrazine groups is 1. The van der Waals surface area contributed by atoms with Crippen molar-refractivity contribution in [2.75, 3.05) is 26.6 Å². The van der Waals surface area contributed by atoms with E-state index in [1.165, 1.54) is 45.6 Å². The molecule has 0 aromatic heterocycles. The van der Waals surface area contributed by atoms with Crippen molar-refractivity contribution in [1.82, 2.24) is 10.9 Å². The summed E-state index contributed by atoms with van der Waals surface area (Å²) >= 11 is 3.30. The number of ether oxygens (including phenoxy) is 3. The predicted molar refractivity (Wildman–Crippen MR) is 130 cm³/mol. The fraction of sp³-hybridized carbons (Fsp3) is 0.125. The van der Waals surface area contributed by atoms with E-state index < -0.39 is 17.7 Å². The molecule has 3 amide bonds. The van der Waals surface area contributed by atoms with Crippen molar-refractivity contribution in [3.05, 3.63) is 81.8 Å². The summed E-state index contributed by atoms with van der Waals surface area (Å²) in [4.78, 5) is 37.2. The van der Waals surface area contributed by atoms with E-state index in [4.69, 9.17) is 14.2 Å². The van der Waals surface area contributed by atoms with Gasteiger partial charge in [-0.3, -0.25) is 25.2 Å². The van der Waals surface area contributed by atoms with Crippen molar-refractivity contribution in [2.45, 2.75) is 0 Å². The zero-order chi connectivity index (χ0) is 24.7. The fourth-order valence-corrected chi connectivity index (χ4v) is 3.24. The number of nitrogens with one attached hydrogen (secondary N) is 3. The molecule has 0 aliphatic heterocycles. The van der Waals surface area contributed by atoms with Crippen LogP contribution in [0.2, 0.25) is 0 Å². The van der Waals surface area contributed by atoms with Crippen molar-refractivity contribution in [1.29, 1.82) is 0 Å². The van der Waals surface area contributed by atoms with Crippen LogP contribution in [0, 0.1) is 0 Å². The van der Waals surface area contributed by atoms with Crippen molar-refractivity contribution in [3.63, 3.8) is 0 Å². The SMILES string of the molecule is COc1cc(C(=O)Nc2ccc(C(=O)NNC(=O)c3ccc(Br)cc3)cc2)cc(OC)c1OC. The number of benzene rings is 3. The minimum Gasteiger partial charge on any atom is -0.493 e. The van der Waals surface area contributed by atoms with E-state index in [2.05, 4.69) is 32.1 Å². The highest BCUT2D eigenvalue weighted by atomic mass is 79.9.